The van der Waals surface area contributed by atoms with Gasteiger partial charge >= 0.3 is 0 Å². The Balaban J connectivity index is 1.37. The molecular formula is C24H31N5O4. The Bertz CT molecular complexity index is 1010. The second kappa shape index (κ2) is 10.2. The summed E-state index contributed by atoms with van der Waals surface area (Å²) in [6.45, 7) is 6.49. The summed E-state index contributed by atoms with van der Waals surface area (Å²) in [7, 11) is 0. The van der Waals surface area contributed by atoms with Crippen LogP contribution < -0.4 is 10.6 Å². The topological polar surface area (TPSA) is 106 Å². The minimum absolute atomic E-state index is 0.0366. The number of carbonyl (C=O) groups excluding carboxylic acids is 3. The SMILES string of the molecule is Cc1ccc(CN2CCCn3nc(C(=O)NC(C)C(=O)NCC4CCCO4)cc3C2=O)cc1. The number of nitrogens with one attached hydrogen (secondary N) is 2. The summed E-state index contributed by atoms with van der Waals surface area (Å²) in [6.07, 6.45) is 2.71. The molecule has 0 spiro atoms. The van der Waals surface area contributed by atoms with Crippen molar-refractivity contribution in [1.29, 1.82) is 0 Å². The first-order chi connectivity index (χ1) is 15.9. The van der Waals surface area contributed by atoms with E-state index in [1.807, 2.05) is 31.2 Å². The number of carbonyl (C=O) groups is 3. The van der Waals surface area contributed by atoms with E-state index in [4.69, 9.17) is 4.74 Å². The average Bonchev–Trinajstić information content (AvgIpc) is 3.45. The molecule has 0 radical (unpaired) electrons. The number of rotatable bonds is 7. The fraction of sp³-hybridized carbons (Fsp3) is 0.500. The van der Waals surface area contributed by atoms with Crippen molar-refractivity contribution >= 4 is 17.7 Å². The molecule has 0 bridgehead atoms. The number of ether oxygens (including phenoxy) is 1. The highest BCUT2D eigenvalue weighted by atomic mass is 16.5. The van der Waals surface area contributed by atoms with Crippen LogP contribution in [0.4, 0.5) is 0 Å². The molecule has 2 aromatic rings. The third-order valence-corrected chi connectivity index (χ3v) is 6.08. The van der Waals surface area contributed by atoms with E-state index in [-0.39, 0.29) is 23.6 Å². The molecule has 1 aromatic carbocycles. The highest BCUT2D eigenvalue weighted by molar-refractivity contribution is 5.99. The summed E-state index contributed by atoms with van der Waals surface area (Å²) >= 11 is 0. The maximum absolute atomic E-state index is 13.1. The number of aryl methyl sites for hydroxylation is 2. The average molecular weight is 454 g/mol. The van der Waals surface area contributed by atoms with Crippen molar-refractivity contribution in [2.45, 2.75) is 58.3 Å². The molecule has 1 fully saturated rings. The van der Waals surface area contributed by atoms with Gasteiger partial charge in [0.2, 0.25) is 5.91 Å². The lowest BCUT2D eigenvalue weighted by Crippen LogP contribution is -2.46. The Morgan fingerprint density at radius 3 is 2.73 bits per heavy atom. The Morgan fingerprint density at radius 2 is 2.00 bits per heavy atom. The molecule has 176 valence electrons. The smallest absolute Gasteiger partial charge is 0.272 e. The first-order valence-corrected chi connectivity index (χ1v) is 11.5. The van der Waals surface area contributed by atoms with E-state index in [0.717, 1.165) is 31.4 Å². The van der Waals surface area contributed by atoms with Crippen molar-refractivity contribution in [2.75, 3.05) is 19.7 Å². The molecule has 4 rings (SSSR count). The Kier molecular flexibility index (Phi) is 7.08. The first-order valence-electron chi connectivity index (χ1n) is 11.5. The van der Waals surface area contributed by atoms with Crippen LogP contribution in [0, 0.1) is 6.92 Å². The van der Waals surface area contributed by atoms with Crippen LogP contribution in [0.2, 0.25) is 0 Å². The molecule has 0 saturated carbocycles. The van der Waals surface area contributed by atoms with Gasteiger partial charge in [0.05, 0.1) is 6.10 Å². The van der Waals surface area contributed by atoms with Crippen molar-refractivity contribution in [1.82, 2.24) is 25.3 Å². The summed E-state index contributed by atoms with van der Waals surface area (Å²) in [5, 5.41) is 9.83. The summed E-state index contributed by atoms with van der Waals surface area (Å²) in [6, 6.07) is 8.89. The molecule has 2 atom stereocenters. The Hall–Kier alpha value is -3.20. The number of nitrogens with zero attached hydrogens (tertiary/aromatic N) is 3. The largest absolute Gasteiger partial charge is 0.376 e. The number of aromatic nitrogens is 2. The van der Waals surface area contributed by atoms with E-state index in [9.17, 15) is 14.4 Å². The van der Waals surface area contributed by atoms with Crippen LogP contribution in [0.3, 0.4) is 0 Å². The lowest BCUT2D eigenvalue weighted by molar-refractivity contribution is -0.123. The van der Waals surface area contributed by atoms with E-state index in [2.05, 4.69) is 15.7 Å². The molecule has 3 heterocycles. The molecular weight excluding hydrogens is 422 g/mol. The van der Waals surface area contributed by atoms with Gasteiger partial charge in [-0.3, -0.25) is 19.1 Å². The molecule has 2 aliphatic heterocycles. The van der Waals surface area contributed by atoms with Gasteiger partial charge in [-0.2, -0.15) is 5.10 Å². The zero-order chi connectivity index (χ0) is 23.4. The van der Waals surface area contributed by atoms with Gasteiger partial charge in [-0.25, -0.2) is 0 Å². The normalized spacial score (nSPS) is 19.0. The van der Waals surface area contributed by atoms with Crippen LogP contribution in [0.25, 0.3) is 0 Å². The molecule has 2 N–H and O–H groups in total. The van der Waals surface area contributed by atoms with Crippen LogP contribution >= 0.6 is 0 Å². The van der Waals surface area contributed by atoms with Gasteiger partial charge in [0, 0.05) is 38.9 Å². The van der Waals surface area contributed by atoms with E-state index >= 15 is 0 Å². The van der Waals surface area contributed by atoms with Crippen LogP contribution in [-0.2, 0) is 22.6 Å². The maximum Gasteiger partial charge on any atom is 0.272 e. The lowest BCUT2D eigenvalue weighted by Gasteiger charge is -2.20. The van der Waals surface area contributed by atoms with Crippen molar-refractivity contribution in [3.8, 4) is 0 Å². The third kappa shape index (κ3) is 5.60. The Labute approximate surface area is 193 Å². The second-order valence-corrected chi connectivity index (χ2v) is 8.78. The highest BCUT2D eigenvalue weighted by Crippen LogP contribution is 2.17. The molecule has 1 saturated heterocycles. The van der Waals surface area contributed by atoms with Gasteiger partial charge in [0.1, 0.15) is 11.7 Å². The number of amides is 3. The summed E-state index contributed by atoms with van der Waals surface area (Å²) in [5.74, 6) is -0.907. The quantitative estimate of drug-likeness (QED) is 0.663. The van der Waals surface area contributed by atoms with Crippen molar-refractivity contribution < 1.29 is 19.1 Å². The molecule has 0 aliphatic carbocycles. The van der Waals surface area contributed by atoms with Crippen molar-refractivity contribution in [2.24, 2.45) is 0 Å². The molecule has 9 heteroatoms. The van der Waals surface area contributed by atoms with E-state index in [1.54, 1.807) is 16.5 Å². The molecule has 2 unspecified atom stereocenters. The zero-order valence-electron chi connectivity index (χ0n) is 19.2. The predicted molar refractivity (Wildman–Crippen MR) is 122 cm³/mol. The molecule has 3 amide bonds. The molecule has 2 aliphatic rings. The van der Waals surface area contributed by atoms with Gasteiger partial charge in [0.25, 0.3) is 11.8 Å². The summed E-state index contributed by atoms with van der Waals surface area (Å²) in [5.41, 5.74) is 2.75. The predicted octanol–water partition coefficient (Wildman–Crippen LogP) is 1.65. The minimum Gasteiger partial charge on any atom is -0.376 e. The number of benzene rings is 1. The number of hydrogen-bond acceptors (Lipinski definition) is 5. The van der Waals surface area contributed by atoms with Gasteiger partial charge in [-0.1, -0.05) is 29.8 Å². The summed E-state index contributed by atoms with van der Waals surface area (Å²) in [4.78, 5) is 40.0. The third-order valence-electron chi connectivity index (χ3n) is 6.08. The fourth-order valence-electron chi connectivity index (χ4n) is 4.12. The standard InChI is InChI=1S/C24H31N5O4/c1-16-6-8-18(9-7-16)15-28-10-4-11-29-21(24(28)32)13-20(27-29)23(31)26-17(2)22(30)25-14-19-5-3-12-33-19/h6-9,13,17,19H,3-5,10-12,14-15H2,1-2H3,(H,25,30)(H,26,31). The Morgan fingerprint density at radius 1 is 1.21 bits per heavy atom. The maximum atomic E-state index is 13.1. The second-order valence-electron chi connectivity index (χ2n) is 8.78. The molecule has 33 heavy (non-hydrogen) atoms. The van der Waals surface area contributed by atoms with E-state index < -0.39 is 11.9 Å². The summed E-state index contributed by atoms with van der Waals surface area (Å²) < 4.78 is 7.09. The van der Waals surface area contributed by atoms with Crippen LogP contribution in [0.5, 0.6) is 0 Å². The van der Waals surface area contributed by atoms with Crippen molar-refractivity contribution in [3.05, 3.63) is 52.8 Å². The van der Waals surface area contributed by atoms with Crippen LogP contribution in [-0.4, -0.2) is 64.2 Å². The first kappa shape index (κ1) is 23.0. The van der Waals surface area contributed by atoms with Gasteiger partial charge < -0.3 is 20.3 Å². The molecule has 9 nitrogen and oxygen atoms in total. The molecule has 1 aromatic heterocycles. The monoisotopic (exact) mass is 453 g/mol. The van der Waals surface area contributed by atoms with Gasteiger partial charge in [-0.15, -0.1) is 0 Å². The van der Waals surface area contributed by atoms with Gasteiger partial charge in [-0.05, 0) is 38.7 Å². The van der Waals surface area contributed by atoms with Crippen LogP contribution in [0.15, 0.2) is 30.3 Å². The van der Waals surface area contributed by atoms with Crippen LogP contribution in [0.1, 0.15) is 58.3 Å². The van der Waals surface area contributed by atoms with E-state index in [0.29, 0.717) is 31.9 Å². The van der Waals surface area contributed by atoms with Crippen molar-refractivity contribution in [3.63, 3.8) is 0 Å². The lowest BCUT2D eigenvalue weighted by atomic mass is 10.1. The number of fused-ring (bicyclic) bond motifs is 1. The highest BCUT2D eigenvalue weighted by Gasteiger charge is 2.27. The zero-order valence-corrected chi connectivity index (χ0v) is 19.2. The van der Waals surface area contributed by atoms with E-state index in [1.165, 1.54) is 11.6 Å². The number of hydrogen-bond donors (Lipinski definition) is 2. The van der Waals surface area contributed by atoms with Gasteiger partial charge in [0.15, 0.2) is 5.69 Å². The minimum atomic E-state index is -0.728. The fourth-order valence-corrected chi connectivity index (χ4v) is 4.12.